The van der Waals surface area contributed by atoms with Crippen LogP contribution in [0.15, 0.2) is 30.5 Å². The molecule has 0 atom stereocenters. The molecule has 0 aliphatic rings. The molecule has 4 heteroatoms. The Morgan fingerprint density at radius 2 is 2.17 bits per heavy atom. The highest BCUT2D eigenvalue weighted by Gasteiger charge is 2.08. The fraction of sp³-hybridized carbons (Fsp3) is 0.357. The van der Waals surface area contributed by atoms with E-state index in [0.29, 0.717) is 6.54 Å². The summed E-state index contributed by atoms with van der Waals surface area (Å²) in [6.07, 6.45) is 1.97. The zero-order chi connectivity index (χ0) is 13.0. The Kier molecular flexibility index (Phi) is 3.99. The molecule has 0 aliphatic heterocycles. The van der Waals surface area contributed by atoms with Gasteiger partial charge in [0.05, 0.1) is 5.52 Å². The first-order valence-corrected chi connectivity index (χ1v) is 6.24. The highest BCUT2D eigenvalue weighted by atomic mass is 16.1. The van der Waals surface area contributed by atoms with Gasteiger partial charge in [-0.1, -0.05) is 25.1 Å². The van der Waals surface area contributed by atoms with Crippen molar-refractivity contribution in [2.75, 3.05) is 13.6 Å². The fourth-order valence-corrected chi connectivity index (χ4v) is 2.11. The number of para-hydroxylation sites is 1. The Morgan fingerprint density at radius 3 is 2.89 bits per heavy atom. The van der Waals surface area contributed by atoms with Crippen molar-refractivity contribution < 1.29 is 4.79 Å². The molecule has 0 unspecified atom stereocenters. The lowest BCUT2D eigenvalue weighted by atomic mass is 10.1. The van der Waals surface area contributed by atoms with E-state index in [1.54, 1.807) is 7.05 Å². The molecule has 1 aromatic heterocycles. The number of benzene rings is 1. The average molecular weight is 245 g/mol. The van der Waals surface area contributed by atoms with Crippen molar-refractivity contribution in [2.24, 2.45) is 0 Å². The van der Waals surface area contributed by atoms with E-state index in [2.05, 4.69) is 35.8 Å². The number of carbonyl (C=O) groups excluding carboxylic acids is 1. The second-order valence-electron chi connectivity index (χ2n) is 4.25. The molecule has 0 aliphatic carbocycles. The maximum Gasteiger partial charge on any atom is 0.239 e. The normalized spacial score (nSPS) is 10.8. The van der Waals surface area contributed by atoms with Crippen molar-refractivity contribution in [3.8, 4) is 0 Å². The minimum absolute atomic E-state index is 0.0192. The Labute approximate surface area is 107 Å². The quantitative estimate of drug-likeness (QED) is 0.838. The Hall–Kier alpha value is -1.81. The van der Waals surface area contributed by atoms with Crippen LogP contribution in [0, 0.1) is 0 Å². The summed E-state index contributed by atoms with van der Waals surface area (Å²) in [5.74, 6) is 0.0192. The zero-order valence-electron chi connectivity index (χ0n) is 10.9. The maximum absolute atomic E-state index is 11.5. The average Bonchev–Trinajstić information content (AvgIpc) is 2.80. The van der Waals surface area contributed by atoms with E-state index >= 15 is 0 Å². The lowest BCUT2D eigenvalue weighted by Crippen LogP contribution is -2.23. The second kappa shape index (κ2) is 5.69. The molecule has 0 spiro atoms. The van der Waals surface area contributed by atoms with E-state index in [-0.39, 0.29) is 5.91 Å². The van der Waals surface area contributed by atoms with Gasteiger partial charge in [-0.25, -0.2) is 0 Å². The van der Waals surface area contributed by atoms with Crippen molar-refractivity contribution in [2.45, 2.75) is 20.0 Å². The highest BCUT2D eigenvalue weighted by Crippen LogP contribution is 2.20. The van der Waals surface area contributed by atoms with Crippen molar-refractivity contribution in [3.05, 3.63) is 36.0 Å². The largest absolute Gasteiger partial charge is 0.358 e. The van der Waals surface area contributed by atoms with E-state index in [9.17, 15) is 4.79 Å². The van der Waals surface area contributed by atoms with Gasteiger partial charge in [0.2, 0.25) is 5.91 Å². The number of amides is 1. The monoisotopic (exact) mass is 245 g/mol. The molecule has 1 aromatic carbocycles. The molecule has 4 nitrogen and oxygen atoms in total. The fourth-order valence-electron chi connectivity index (χ4n) is 2.11. The lowest BCUT2D eigenvalue weighted by Gasteiger charge is -2.09. The molecule has 2 aromatic rings. The summed E-state index contributed by atoms with van der Waals surface area (Å²) in [7, 11) is 1.66. The number of likely N-dealkylation sites (N-methyl/N-ethyl adjacent to an activating group) is 1. The molecule has 0 bridgehead atoms. The third kappa shape index (κ3) is 2.54. The third-order valence-electron chi connectivity index (χ3n) is 3.03. The molecule has 2 rings (SSSR count). The number of fused-ring (bicyclic) bond motifs is 1. The summed E-state index contributed by atoms with van der Waals surface area (Å²) < 4.78 is 2.00. The van der Waals surface area contributed by atoms with Crippen molar-refractivity contribution >= 4 is 16.8 Å². The smallest absolute Gasteiger partial charge is 0.239 e. The van der Waals surface area contributed by atoms with Crippen LogP contribution in [0.3, 0.4) is 0 Å². The summed E-state index contributed by atoms with van der Waals surface area (Å²) in [5.41, 5.74) is 2.37. The number of hydrogen-bond acceptors (Lipinski definition) is 2. The Bertz CT molecular complexity index is 545. The number of hydrogen-bond donors (Lipinski definition) is 2. The van der Waals surface area contributed by atoms with E-state index in [4.69, 9.17) is 0 Å². The molecule has 18 heavy (non-hydrogen) atoms. The van der Waals surface area contributed by atoms with Crippen LogP contribution < -0.4 is 10.6 Å². The molecule has 0 saturated carbocycles. The summed E-state index contributed by atoms with van der Waals surface area (Å²) >= 11 is 0. The maximum atomic E-state index is 11.5. The highest BCUT2D eigenvalue weighted by molar-refractivity contribution is 5.85. The van der Waals surface area contributed by atoms with Gasteiger partial charge in [-0.3, -0.25) is 4.79 Å². The van der Waals surface area contributed by atoms with Crippen LogP contribution in [-0.4, -0.2) is 24.1 Å². The predicted molar refractivity (Wildman–Crippen MR) is 73.4 cm³/mol. The zero-order valence-corrected chi connectivity index (χ0v) is 10.9. The summed E-state index contributed by atoms with van der Waals surface area (Å²) in [6, 6.07) is 8.28. The first-order chi connectivity index (χ1) is 8.76. The number of carbonyl (C=O) groups is 1. The van der Waals surface area contributed by atoms with E-state index in [1.807, 2.05) is 16.8 Å². The number of rotatable bonds is 5. The van der Waals surface area contributed by atoms with Crippen LogP contribution in [0.5, 0.6) is 0 Å². The van der Waals surface area contributed by atoms with Gasteiger partial charge in [-0.05, 0) is 23.6 Å². The number of nitrogens with zero attached hydrogens (tertiary/aromatic N) is 1. The van der Waals surface area contributed by atoms with Crippen molar-refractivity contribution in [1.29, 1.82) is 0 Å². The van der Waals surface area contributed by atoms with Crippen molar-refractivity contribution in [1.82, 2.24) is 15.2 Å². The van der Waals surface area contributed by atoms with Crippen LogP contribution in [0.4, 0.5) is 0 Å². The lowest BCUT2D eigenvalue weighted by molar-refractivity contribution is -0.121. The SMILES string of the molecule is CCNCc1cccc2ccn(CC(=O)NC)c12. The van der Waals surface area contributed by atoms with Crippen LogP contribution in [0.2, 0.25) is 0 Å². The topological polar surface area (TPSA) is 46.1 Å². The molecule has 0 saturated heterocycles. The molecule has 0 radical (unpaired) electrons. The predicted octanol–water partition coefficient (Wildman–Crippen LogP) is 1.50. The molecule has 1 heterocycles. The molecule has 0 fully saturated rings. The number of nitrogens with one attached hydrogen (secondary N) is 2. The minimum atomic E-state index is 0.0192. The molecular weight excluding hydrogens is 226 g/mol. The first kappa shape index (κ1) is 12.6. The van der Waals surface area contributed by atoms with Crippen molar-refractivity contribution in [3.63, 3.8) is 0 Å². The van der Waals surface area contributed by atoms with Gasteiger partial charge in [0.15, 0.2) is 0 Å². The van der Waals surface area contributed by atoms with Crippen LogP contribution in [-0.2, 0) is 17.9 Å². The summed E-state index contributed by atoms with van der Waals surface area (Å²) in [6.45, 7) is 4.21. The molecule has 1 amide bonds. The van der Waals surface area contributed by atoms with Crippen LogP contribution >= 0.6 is 0 Å². The Morgan fingerprint density at radius 1 is 1.33 bits per heavy atom. The van der Waals surface area contributed by atoms with Gasteiger partial charge in [-0.15, -0.1) is 0 Å². The summed E-state index contributed by atoms with van der Waals surface area (Å²) in [4.78, 5) is 11.5. The standard InChI is InChI=1S/C14H19N3O/c1-3-16-9-12-6-4-5-11-7-8-17(14(11)12)10-13(18)15-2/h4-8,16H,3,9-10H2,1-2H3,(H,15,18). The van der Waals surface area contributed by atoms with E-state index in [1.165, 1.54) is 10.9 Å². The second-order valence-corrected chi connectivity index (χ2v) is 4.25. The van der Waals surface area contributed by atoms with E-state index < -0.39 is 0 Å². The Balaban J connectivity index is 2.38. The minimum Gasteiger partial charge on any atom is -0.358 e. The number of aromatic nitrogens is 1. The summed E-state index contributed by atoms with van der Waals surface area (Å²) in [5, 5.41) is 7.16. The molecule has 2 N–H and O–H groups in total. The van der Waals surface area contributed by atoms with Crippen LogP contribution in [0.1, 0.15) is 12.5 Å². The van der Waals surface area contributed by atoms with E-state index in [0.717, 1.165) is 18.6 Å². The van der Waals surface area contributed by atoms with Gasteiger partial charge in [0, 0.05) is 19.8 Å². The van der Waals surface area contributed by atoms with Gasteiger partial charge < -0.3 is 15.2 Å². The first-order valence-electron chi connectivity index (χ1n) is 6.24. The van der Waals surface area contributed by atoms with Gasteiger partial charge in [0.25, 0.3) is 0 Å². The van der Waals surface area contributed by atoms with Gasteiger partial charge in [0.1, 0.15) is 6.54 Å². The molecular formula is C14H19N3O. The molecule has 96 valence electrons. The third-order valence-corrected chi connectivity index (χ3v) is 3.03. The van der Waals surface area contributed by atoms with Gasteiger partial charge >= 0.3 is 0 Å². The van der Waals surface area contributed by atoms with Crippen LogP contribution in [0.25, 0.3) is 10.9 Å². The van der Waals surface area contributed by atoms with Gasteiger partial charge in [-0.2, -0.15) is 0 Å².